The largest absolute Gasteiger partial charge is 0.416 e. The highest BCUT2D eigenvalue weighted by Gasteiger charge is 2.60. The van der Waals surface area contributed by atoms with Crippen molar-refractivity contribution in [3.8, 4) is 0 Å². The fraction of sp³-hybridized carbons (Fsp3) is 0.474. The molecule has 5 nitrogen and oxygen atoms in total. The van der Waals surface area contributed by atoms with Crippen molar-refractivity contribution in [1.82, 2.24) is 14.5 Å². The van der Waals surface area contributed by atoms with Gasteiger partial charge in [0.15, 0.2) is 0 Å². The predicted molar refractivity (Wildman–Crippen MR) is 101 cm³/mol. The second-order valence-electron chi connectivity index (χ2n) is 7.65. The van der Waals surface area contributed by atoms with Crippen molar-refractivity contribution in [3.05, 3.63) is 68.2 Å². The predicted octanol–water partition coefficient (Wildman–Crippen LogP) is 2.78. The standard InChI is InChI=1S/C19H19F4N3O2.ClH/c20-15-10-26(17(28)24-16(15)27)7-1-6-25-9-14-8-18(14,11-25)12-2-4-13(5-3-12)19(21,22)23;/h2-5,10,14H,1,6-9,11H2,(H,24,27,28);1H/t14-,18+;/m0./s1. The molecule has 1 saturated carbocycles. The van der Waals surface area contributed by atoms with Crippen LogP contribution in [0.1, 0.15) is 24.0 Å². The lowest BCUT2D eigenvalue weighted by atomic mass is 9.94. The van der Waals surface area contributed by atoms with Crippen LogP contribution in [0.3, 0.4) is 0 Å². The first-order valence-electron chi connectivity index (χ1n) is 9.08. The summed E-state index contributed by atoms with van der Waals surface area (Å²) in [7, 11) is 0. The van der Waals surface area contributed by atoms with E-state index in [1.54, 1.807) is 12.1 Å². The van der Waals surface area contributed by atoms with E-state index in [0.717, 1.165) is 48.0 Å². The van der Waals surface area contributed by atoms with Crippen LogP contribution in [0, 0.1) is 11.7 Å². The molecule has 0 amide bonds. The first kappa shape index (κ1) is 21.6. The van der Waals surface area contributed by atoms with Gasteiger partial charge in [0.25, 0.3) is 5.56 Å². The number of nitrogens with one attached hydrogen (secondary N) is 1. The molecule has 2 aliphatic rings. The van der Waals surface area contributed by atoms with Crippen LogP contribution in [0.2, 0.25) is 0 Å². The summed E-state index contributed by atoms with van der Waals surface area (Å²) in [5.74, 6) is -0.569. The van der Waals surface area contributed by atoms with Crippen LogP contribution in [0.5, 0.6) is 0 Å². The molecule has 4 rings (SSSR count). The van der Waals surface area contributed by atoms with E-state index in [4.69, 9.17) is 0 Å². The van der Waals surface area contributed by atoms with Gasteiger partial charge < -0.3 is 4.90 Å². The van der Waals surface area contributed by atoms with Gasteiger partial charge >= 0.3 is 11.9 Å². The number of aromatic nitrogens is 2. The van der Waals surface area contributed by atoms with Crippen LogP contribution >= 0.6 is 12.4 Å². The molecule has 158 valence electrons. The molecule has 1 N–H and O–H groups in total. The van der Waals surface area contributed by atoms with Gasteiger partial charge in [0.1, 0.15) is 0 Å². The zero-order valence-corrected chi connectivity index (χ0v) is 16.2. The minimum Gasteiger partial charge on any atom is -0.302 e. The Morgan fingerprint density at radius 3 is 2.48 bits per heavy atom. The lowest BCUT2D eigenvalue weighted by Crippen LogP contribution is -2.33. The van der Waals surface area contributed by atoms with Crippen LogP contribution in [0.4, 0.5) is 17.6 Å². The number of hydrogen-bond donors (Lipinski definition) is 1. The highest BCUT2D eigenvalue weighted by Crippen LogP contribution is 2.59. The number of aromatic amines is 1. The summed E-state index contributed by atoms with van der Waals surface area (Å²) in [6.45, 7) is 2.58. The van der Waals surface area contributed by atoms with Gasteiger partial charge in [-0.1, -0.05) is 12.1 Å². The number of rotatable bonds is 5. The van der Waals surface area contributed by atoms with Crippen molar-refractivity contribution in [2.45, 2.75) is 31.0 Å². The smallest absolute Gasteiger partial charge is 0.302 e. The van der Waals surface area contributed by atoms with E-state index in [1.807, 2.05) is 4.98 Å². The lowest BCUT2D eigenvalue weighted by Gasteiger charge is -2.21. The summed E-state index contributed by atoms with van der Waals surface area (Å²) >= 11 is 0. The highest BCUT2D eigenvalue weighted by molar-refractivity contribution is 5.85. The quantitative estimate of drug-likeness (QED) is 0.738. The molecule has 2 heterocycles. The summed E-state index contributed by atoms with van der Waals surface area (Å²) in [4.78, 5) is 26.9. The second kappa shape index (κ2) is 7.60. The van der Waals surface area contributed by atoms with Gasteiger partial charge in [-0.3, -0.25) is 14.3 Å². The van der Waals surface area contributed by atoms with E-state index in [9.17, 15) is 27.2 Å². The van der Waals surface area contributed by atoms with Gasteiger partial charge in [0.05, 0.1) is 11.8 Å². The SMILES string of the molecule is Cl.O=c1[nH]c(=O)n(CCCN2C[C@@H]3C[C@]3(c3ccc(C(F)(F)F)cc3)C2)cc1F. The van der Waals surface area contributed by atoms with Crippen LogP contribution in [-0.2, 0) is 18.1 Å². The maximum Gasteiger partial charge on any atom is 0.416 e. The molecular weight excluding hydrogens is 414 g/mol. The number of fused-ring (bicyclic) bond motifs is 1. The summed E-state index contributed by atoms with van der Waals surface area (Å²) in [5.41, 5.74) is -1.45. The summed E-state index contributed by atoms with van der Waals surface area (Å²) in [5, 5.41) is 0. The number of alkyl halides is 3. The molecule has 2 aromatic rings. The molecule has 1 aromatic heterocycles. The first-order chi connectivity index (χ1) is 13.2. The molecule has 1 saturated heterocycles. The third kappa shape index (κ3) is 4.11. The molecule has 0 bridgehead atoms. The topological polar surface area (TPSA) is 58.1 Å². The van der Waals surface area contributed by atoms with Crippen molar-refractivity contribution >= 4 is 12.4 Å². The molecule has 29 heavy (non-hydrogen) atoms. The Balaban J connectivity index is 0.00000240. The van der Waals surface area contributed by atoms with Crippen molar-refractivity contribution in [2.24, 2.45) is 5.92 Å². The molecule has 0 unspecified atom stereocenters. The van der Waals surface area contributed by atoms with Crippen molar-refractivity contribution in [3.63, 3.8) is 0 Å². The minimum atomic E-state index is -4.33. The van der Waals surface area contributed by atoms with E-state index in [1.165, 1.54) is 0 Å². The van der Waals surface area contributed by atoms with E-state index in [0.29, 0.717) is 18.9 Å². The molecule has 2 atom stereocenters. The summed E-state index contributed by atoms with van der Waals surface area (Å²) in [6, 6.07) is 5.43. The Kier molecular flexibility index (Phi) is 5.66. The van der Waals surface area contributed by atoms with E-state index < -0.39 is 28.8 Å². The van der Waals surface area contributed by atoms with Gasteiger partial charge in [-0.2, -0.15) is 17.6 Å². The van der Waals surface area contributed by atoms with Crippen LogP contribution in [-0.4, -0.2) is 34.1 Å². The Hall–Kier alpha value is -2.13. The van der Waals surface area contributed by atoms with Gasteiger partial charge in [0.2, 0.25) is 5.82 Å². The van der Waals surface area contributed by atoms with Gasteiger partial charge in [-0.15, -0.1) is 12.4 Å². The molecule has 0 radical (unpaired) electrons. The van der Waals surface area contributed by atoms with E-state index >= 15 is 0 Å². The van der Waals surface area contributed by atoms with Gasteiger partial charge in [0, 0.05) is 25.0 Å². The second-order valence-corrected chi connectivity index (χ2v) is 7.65. The number of H-pyrrole nitrogens is 1. The monoisotopic (exact) mass is 433 g/mol. The number of piperidine rings is 1. The summed E-state index contributed by atoms with van der Waals surface area (Å²) < 4.78 is 52.7. The Bertz CT molecular complexity index is 1000. The fourth-order valence-electron chi connectivity index (χ4n) is 4.31. The Morgan fingerprint density at radius 2 is 1.83 bits per heavy atom. The average Bonchev–Trinajstić information content (AvgIpc) is 3.21. The van der Waals surface area contributed by atoms with Crippen LogP contribution in [0.25, 0.3) is 0 Å². The van der Waals surface area contributed by atoms with E-state index in [-0.39, 0.29) is 24.4 Å². The number of aryl methyl sites for hydroxylation is 1. The third-order valence-electron chi connectivity index (χ3n) is 5.84. The van der Waals surface area contributed by atoms with Gasteiger partial charge in [-0.05, 0) is 43.0 Å². The molecule has 1 aromatic carbocycles. The minimum absolute atomic E-state index is 0. The average molecular weight is 434 g/mol. The fourth-order valence-corrected chi connectivity index (χ4v) is 4.31. The molecule has 0 spiro atoms. The molecule has 10 heteroatoms. The number of hydrogen-bond acceptors (Lipinski definition) is 3. The van der Waals surface area contributed by atoms with Crippen LogP contribution < -0.4 is 11.2 Å². The molecule has 1 aliphatic heterocycles. The Morgan fingerprint density at radius 1 is 1.14 bits per heavy atom. The molecule has 2 fully saturated rings. The van der Waals surface area contributed by atoms with Crippen molar-refractivity contribution in [2.75, 3.05) is 19.6 Å². The zero-order valence-electron chi connectivity index (χ0n) is 15.3. The normalized spacial score (nSPS) is 23.5. The number of halogens is 5. The number of nitrogens with zero attached hydrogens (tertiary/aromatic N) is 2. The molecular formula is C19H20ClF4N3O2. The zero-order chi connectivity index (χ0) is 20.1. The maximum absolute atomic E-state index is 13.3. The summed E-state index contributed by atoms with van der Waals surface area (Å²) in [6.07, 6.45) is -1.85. The van der Waals surface area contributed by atoms with Gasteiger partial charge in [-0.25, -0.2) is 4.79 Å². The van der Waals surface area contributed by atoms with Crippen molar-refractivity contribution in [1.29, 1.82) is 0 Å². The van der Waals surface area contributed by atoms with Crippen LogP contribution in [0.15, 0.2) is 40.1 Å². The first-order valence-corrected chi connectivity index (χ1v) is 9.08. The number of benzene rings is 1. The lowest BCUT2D eigenvalue weighted by molar-refractivity contribution is -0.137. The maximum atomic E-state index is 13.3. The Labute approximate surface area is 169 Å². The van der Waals surface area contributed by atoms with Crippen molar-refractivity contribution < 1.29 is 17.6 Å². The molecule has 1 aliphatic carbocycles. The number of likely N-dealkylation sites (tertiary alicyclic amines) is 1. The third-order valence-corrected chi connectivity index (χ3v) is 5.84. The van der Waals surface area contributed by atoms with E-state index in [2.05, 4.69) is 4.90 Å². The highest BCUT2D eigenvalue weighted by atomic mass is 35.5.